The number of pyridine rings is 1. The van der Waals surface area contributed by atoms with Gasteiger partial charge in [0.1, 0.15) is 17.4 Å². The number of anilines is 1. The van der Waals surface area contributed by atoms with Crippen molar-refractivity contribution in [1.82, 2.24) is 4.98 Å². The van der Waals surface area contributed by atoms with Crippen LogP contribution in [0, 0.1) is 5.82 Å². The molecule has 0 bridgehead atoms. The van der Waals surface area contributed by atoms with E-state index in [-0.39, 0.29) is 11.6 Å². The second-order valence-electron chi connectivity index (χ2n) is 6.70. The molecule has 0 aliphatic carbocycles. The van der Waals surface area contributed by atoms with Crippen LogP contribution in [-0.2, 0) is 21.4 Å². The number of aromatic nitrogens is 1. The predicted octanol–water partition coefficient (Wildman–Crippen LogP) is 3.15. The van der Waals surface area contributed by atoms with Crippen LogP contribution in [0.3, 0.4) is 0 Å². The van der Waals surface area contributed by atoms with Crippen LogP contribution in [0.2, 0.25) is 0 Å². The molecular weight excluding hydrogens is 319 g/mol. The molecule has 132 valence electrons. The summed E-state index contributed by atoms with van der Waals surface area (Å²) in [6.45, 7) is 6.60. The van der Waals surface area contributed by atoms with Crippen LogP contribution in [0.4, 0.5) is 10.2 Å². The third-order valence-electron chi connectivity index (χ3n) is 4.96. The van der Waals surface area contributed by atoms with Crippen molar-refractivity contribution < 1.29 is 13.9 Å². The first-order valence-electron chi connectivity index (χ1n) is 8.54. The van der Waals surface area contributed by atoms with Crippen LogP contribution in [0.1, 0.15) is 25.0 Å². The Hall–Kier alpha value is -2.27. The SMILES string of the molecule is CC(=O)C(C)(Cc1ccc(N2CCOCC2)nc1)c1ccc(F)cc1. The van der Waals surface area contributed by atoms with Gasteiger partial charge in [-0.05, 0) is 49.6 Å². The molecule has 1 fully saturated rings. The Labute approximate surface area is 147 Å². The van der Waals surface area contributed by atoms with E-state index in [0.717, 1.165) is 43.2 Å². The number of hydrogen-bond donors (Lipinski definition) is 0. The Morgan fingerprint density at radius 1 is 1.20 bits per heavy atom. The molecule has 4 nitrogen and oxygen atoms in total. The van der Waals surface area contributed by atoms with Gasteiger partial charge in [-0.25, -0.2) is 9.37 Å². The number of rotatable bonds is 5. The summed E-state index contributed by atoms with van der Waals surface area (Å²) in [6, 6.07) is 10.2. The molecule has 2 aromatic rings. The summed E-state index contributed by atoms with van der Waals surface area (Å²) in [4.78, 5) is 19.1. The van der Waals surface area contributed by atoms with Crippen molar-refractivity contribution in [3.05, 3.63) is 59.5 Å². The first-order chi connectivity index (χ1) is 12.0. The molecule has 25 heavy (non-hydrogen) atoms. The number of ether oxygens (including phenoxy) is 1. The number of Topliss-reactive ketones (excluding diaryl/α,β-unsaturated/α-hetero) is 1. The van der Waals surface area contributed by atoms with Crippen LogP contribution >= 0.6 is 0 Å². The Bertz CT molecular complexity index is 724. The lowest BCUT2D eigenvalue weighted by atomic mass is 9.74. The summed E-state index contributed by atoms with van der Waals surface area (Å²) in [5.41, 5.74) is 1.10. The lowest BCUT2D eigenvalue weighted by molar-refractivity contribution is -0.121. The summed E-state index contributed by atoms with van der Waals surface area (Å²) < 4.78 is 18.6. The van der Waals surface area contributed by atoms with E-state index < -0.39 is 5.41 Å². The summed E-state index contributed by atoms with van der Waals surface area (Å²) in [5, 5.41) is 0. The van der Waals surface area contributed by atoms with E-state index in [9.17, 15) is 9.18 Å². The average molecular weight is 342 g/mol. The van der Waals surface area contributed by atoms with Gasteiger partial charge in [0.25, 0.3) is 0 Å². The van der Waals surface area contributed by atoms with Gasteiger partial charge in [0.2, 0.25) is 0 Å². The largest absolute Gasteiger partial charge is 0.378 e. The standard InChI is InChI=1S/C20H23FN2O2/c1-15(24)20(2,17-4-6-18(21)7-5-17)13-16-3-8-19(22-14-16)23-9-11-25-12-10-23/h3-8,14H,9-13H2,1-2H3. The third kappa shape index (κ3) is 3.87. The van der Waals surface area contributed by atoms with Crippen molar-refractivity contribution >= 4 is 11.6 Å². The fraction of sp³-hybridized carbons (Fsp3) is 0.400. The van der Waals surface area contributed by atoms with Gasteiger partial charge in [-0.3, -0.25) is 4.79 Å². The Balaban J connectivity index is 1.80. The van der Waals surface area contributed by atoms with E-state index in [1.165, 1.54) is 12.1 Å². The first-order valence-corrected chi connectivity index (χ1v) is 8.54. The minimum atomic E-state index is -0.699. The Kier molecular flexibility index (Phi) is 5.13. The Morgan fingerprint density at radius 3 is 2.44 bits per heavy atom. The minimum absolute atomic E-state index is 0.0522. The molecule has 0 radical (unpaired) electrons. The van der Waals surface area contributed by atoms with E-state index in [4.69, 9.17) is 4.74 Å². The monoisotopic (exact) mass is 342 g/mol. The zero-order valence-electron chi connectivity index (χ0n) is 14.7. The van der Waals surface area contributed by atoms with E-state index >= 15 is 0 Å². The molecule has 1 unspecified atom stereocenters. The minimum Gasteiger partial charge on any atom is -0.378 e. The van der Waals surface area contributed by atoms with E-state index in [1.807, 2.05) is 25.3 Å². The third-order valence-corrected chi connectivity index (χ3v) is 4.96. The van der Waals surface area contributed by atoms with Gasteiger partial charge in [0.15, 0.2) is 0 Å². The van der Waals surface area contributed by atoms with Crippen LogP contribution in [0.5, 0.6) is 0 Å². The van der Waals surface area contributed by atoms with Crippen molar-refractivity contribution in [1.29, 1.82) is 0 Å². The van der Waals surface area contributed by atoms with Gasteiger partial charge in [0, 0.05) is 19.3 Å². The van der Waals surface area contributed by atoms with E-state index in [0.29, 0.717) is 6.42 Å². The van der Waals surface area contributed by atoms with Crippen molar-refractivity contribution in [2.24, 2.45) is 0 Å². The first kappa shape index (κ1) is 17.5. The fourth-order valence-corrected chi connectivity index (χ4v) is 3.16. The van der Waals surface area contributed by atoms with Gasteiger partial charge in [-0.15, -0.1) is 0 Å². The Morgan fingerprint density at radius 2 is 1.88 bits per heavy atom. The van der Waals surface area contributed by atoms with E-state index in [1.54, 1.807) is 19.1 Å². The molecule has 2 heterocycles. The topological polar surface area (TPSA) is 42.4 Å². The van der Waals surface area contributed by atoms with Crippen molar-refractivity contribution in [3.63, 3.8) is 0 Å². The quantitative estimate of drug-likeness (QED) is 0.837. The number of hydrogen-bond acceptors (Lipinski definition) is 4. The summed E-state index contributed by atoms with van der Waals surface area (Å²) in [7, 11) is 0. The maximum absolute atomic E-state index is 13.2. The van der Waals surface area contributed by atoms with Gasteiger partial charge in [0.05, 0.1) is 18.6 Å². The van der Waals surface area contributed by atoms with Crippen LogP contribution in [-0.4, -0.2) is 37.1 Å². The molecule has 1 aliphatic rings. The molecule has 5 heteroatoms. The lowest BCUT2D eigenvalue weighted by Crippen LogP contribution is -2.36. The number of carbonyl (C=O) groups excluding carboxylic acids is 1. The normalized spacial score (nSPS) is 17.2. The van der Waals surface area contributed by atoms with Crippen LogP contribution in [0.15, 0.2) is 42.6 Å². The van der Waals surface area contributed by atoms with E-state index in [2.05, 4.69) is 9.88 Å². The average Bonchev–Trinajstić information content (AvgIpc) is 2.63. The number of morpholine rings is 1. The molecule has 0 amide bonds. The van der Waals surface area contributed by atoms with Crippen molar-refractivity contribution in [2.45, 2.75) is 25.7 Å². The van der Waals surface area contributed by atoms with Crippen molar-refractivity contribution in [2.75, 3.05) is 31.2 Å². The van der Waals surface area contributed by atoms with Gasteiger partial charge < -0.3 is 9.64 Å². The molecule has 0 N–H and O–H groups in total. The van der Waals surface area contributed by atoms with Crippen LogP contribution < -0.4 is 4.90 Å². The second-order valence-corrected chi connectivity index (χ2v) is 6.70. The van der Waals surface area contributed by atoms with Crippen LogP contribution in [0.25, 0.3) is 0 Å². The number of benzene rings is 1. The molecule has 0 saturated carbocycles. The zero-order chi connectivity index (χ0) is 17.9. The zero-order valence-corrected chi connectivity index (χ0v) is 14.7. The molecule has 0 spiro atoms. The summed E-state index contributed by atoms with van der Waals surface area (Å²) in [6.07, 6.45) is 2.36. The number of nitrogens with zero attached hydrogens (tertiary/aromatic N) is 2. The highest BCUT2D eigenvalue weighted by Gasteiger charge is 2.32. The van der Waals surface area contributed by atoms with Gasteiger partial charge in [-0.1, -0.05) is 18.2 Å². The number of ketones is 1. The maximum Gasteiger partial charge on any atom is 0.140 e. The predicted molar refractivity (Wildman–Crippen MR) is 95.4 cm³/mol. The van der Waals surface area contributed by atoms with Gasteiger partial charge in [-0.2, -0.15) is 0 Å². The highest BCUT2D eigenvalue weighted by atomic mass is 19.1. The molecule has 1 atom stereocenters. The number of carbonyl (C=O) groups is 1. The summed E-state index contributed by atoms with van der Waals surface area (Å²) in [5.74, 6) is 0.681. The molecule has 1 aliphatic heterocycles. The molecule has 1 aromatic carbocycles. The molecule has 3 rings (SSSR count). The lowest BCUT2D eigenvalue weighted by Gasteiger charge is -2.29. The fourth-order valence-electron chi connectivity index (χ4n) is 3.16. The van der Waals surface area contributed by atoms with Gasteiger partial charge >= 0.3 is 0 Å². The smallest absolute Gasteiger partial charge is 0.140 e. The van der Waals surface area contributed by atoms with Crippen molar-refractivity contribution in [3.8, 4) is 0 Å². The highest BCUT2D eigenvalue weighted by molar-refractivity contribution is 5.88. The molecule has 1 aromatic heterocycles. The second kappa shape index (κ2) is 7.31. The molecular formula is C20H23FN2O2. The maximum atomic E-state index is 13.2. The molecule has 1 saturated heterocycles. The summed E-state index contributed by atoms with van der Waals surface area (Å²) >= 11 is 0. The number of halogens is 1. The highest BCUT2D eigenvalue weighted by Crippen LogP contribution is 2.30.